The van der Waals surface area contributed by atoms with E-state index < -0.39 is 12.1 Å². The first-order chi connectivity index (χ1) is 13.3. The van der Waals surface area contributed by atoms with E-state index in [0.717, 1.165) is 11.3 Å². The second kappa shape index (κ2) is 8.15. The van der Waals surface area contributed by atoms with Crippen LogP contribution in [0.2, 0.25) is 0 Å². The van der Waals surface area contributed by atoms with E-state index in [2.05, 4.69) is 20.8 Å². The maximum atomic E-state index is 13.2. The molecule has 28 heavy (non-hydrogen) atoms. The van der Waals surface area contributed by atoms with Gasteiger partial charge in [0.15, 0.2) is 6.10 Å². The SMILES string of the molecule is COC[C@H]1C[C@H](OC(=O)c2ccccc2)C(=O)N1c1ccccc1C(C)(C)C. The summed E-state index contributed by atoms with van der Waals surface area (Å²) < 4.78 is 10.9. The van der Waals surface area contributed by atoms with Gasteiger partial charge >= 0.3 is 5.97 Å². The Morgan fingerprint density at radius 2 is 1.71 bits per heavy atom. The Morgan fingerprint density at radius 3 is 2.36 bits per heavy atom. The highest BCUT2D eigenvalue weighted by Gasteiger charge is 2.44. The third-order valence-electron chi connectivity index (χ3n) is 4.95. The van der Waals surface area contributed by atoms with Crippen LogP contribution in [0.1, 0.15) is 43.1 Å². The van der Waals surface area contributed by atoms with Crippen LogP contribution in [0, 0.1) is 0 Å². The summed E-state index contributed by atoms with van der Waals surface area (Å²) in [5.74, 6) is -0.691. The van der Waals surface area contributed by atoms with Crippen LogP contribution in [-0.2, 0) is 19.7 Å². The quantitative estimate of drug-likeness (QED) is 0.736. The summed E-state index contributed by atoms with van der Waals surface area (Å²) in [4.78, 5) is 27.4. The van der Waals surface area contributed by atoms with Gasteiger partial charge in [0.25, 0.3) is 5.91 Å². The molecule has 1 heterocycles. The van der Waals surface area contributed by atoms with E-state index in [0.29, 0.717) is 18.6 Å². The Hall–Kier alpha value is -2.66. The molecule has 0 spiro atoms. The number of carbonyl (C=O) groups excluding carboxylic acids is 2. The summed E-state index contributed by atoms with van der Waals surface area (Å²) in [5, 5.41) is 0. The van der Waals surface area contributed by atoms with Gasteiger partial charge in [0.05, 0.1) is 18.2 Å². The number of hydrogen-bond acceptors (Lipinski definition) is 4. The van der Waals surface area contributed by atoms with Crippen molar-refractivity contribution in [1.29, 1.82) is 0 Å². The first kappa shape index (κ1) is 20.1. The van der Waals surface area contributed by atoms with Crippen LogP contribution in [0.4, 0.5) is 5.69 Å². The second-order valence-electron chi connectivity index (χ2n) is 8.08. The molecule has 5 heteroatoms. The maximum Gasteiger partial charge on any atom is 0.338 e. The molecule has 1 saturated heterocycles. The number of anilines is 1. The fourth-order valence-electron chi connectivity index (χ4n) is 3.63. The van der Waals surface area contributed by atoms with Crippen molar-refractivity contribution in [3.63, 3.8) is 0 Å². The third-order valence-corrected chi connectivity index (χ3v) is 4.95. The monoisotopic (exact) mass is 381 g/mol. The Morgan fingerprint density at radius 1 is 1.07 bits per heavy atom. The number of carbonyl (C=O) groups is 2. The van der Waals surface area contributed by atoms with Crippen LogP contribution in [-0.4, -0.2) is 37.7 Å². The maximum absolute atomic E-state index is 13.2. The Bertz CT molecular complexity index is 841. The highest BCUT2D eigenvalue weighted by Crippen LogP contribution is 2.37. The van der Waals surface area contributed by atoms with Gasteiger partial charge in [0, 0.05) is 19.2 Å². The number of esters is 1. The fraction of sp³-hybridized carbons (Fsp3) is 0.391. The standard InChI is InChI=1S/C23H27NO4/c1-23(2,3)18-12-8-9-13-19(18)24-17(15-27-4)14-20(21(24)25)28-22(26)16-10-6-5-7-11-16/h5-13,17,20H,14-15H2,1-4H3/t17-,20+/m1/s1. The molecule has 0 aromatic heterocycles. The number of nitrogens with zero attached hydrogens (tertiary/aromatic N) is 1. The first-order valence-corrected chi connectivity index (χ1v) is 9.50. The number of benzene rings is 2. The summed E-state index contributed by atoms with van der Waals surface area (Å²) in [6.07, 6.45) is -0.412. The van der Waals surface area contributed by atoms with Crippen molar-refractivity contribution in [2.75, 3.05) is 18.6 Å². The van der Waals surface area contributed by atoms with E-state index in [1.165, 1.54) is 0 Å². The van der Waals surface area contributed by atoms with E-state index >= 15 is 0 Å². The molecule has 1 aliphatic rings. The zero-order chi connectivity index (χ0) is 20.3. The highest BCUT2D eigenvalue weighted by atomic mass is 16.5. The van der Waals surface area contributed by atoms with E-state index in [-0.39, 0.29) is 17.4 Å². The van der Waals surface area contributed by atoms with Gasteiger partial charge in [-0.25, -0.2) is 4.79 Å². The number of hydrogen-bond donors (Lipinski definition) is 0. The smallest absolute Gasteiger partial charge is 0.338 e. The fourth-order valence-corrected chi connectivity index (χ4v) is 3.63. The molecule has 0 saturated carbocycles. The Kier molecular flexibility index (Phi) is 5.84. The lowest BCUT2D eigenvalue weighted by molar-refractivity contribution is -0.124. The molecule has 0 aliphatic carbocycles. The van der Waals surface area contributed by atoms with Gasteiger partial charge in [-0.1, -0.05) is 57.2 Å². The lowest BCUT2D eigenvalue weighted by Crippen LogP contribution is -2.39. The molecule has 148 valence electrons. The van der Waals surface area contributed by atoms with E-state index in [1.807, 2.05) is 30.3 Å². The van der Waals surface area contributed by atoms with Gasteiger partial charge in [-0.05, 0) is 29.2 Å². The minimum atomic E-state index is -0.819. The van der Waals surface area contributed by atoms with Crippen molar-refractivity contribution in [1.82, 2.24) is 0 Å². The Balaban J connectivity index is 1.90. The van der Waals surface area contributed by atoms with Crippen LogP contribution in [0.3, 0.4) is 0 Å². The summed E-state index contributed by atoms with van der Waals surface area (Å²) >= 11 is 0. The third kappa shape index (κ3) is 4.09. The van der Waals surface area contributed by atoms with E-state index in [1.54, 1.807) is 36.3 Å². The summed E-state index contributed by atoms with van der Waals surface area (Å²) in [5.41, 5.74) is 2.22. The van der Waals surface area contributed by atoms with Crippen molar-refractivity contribution in [3.8, 4) is 0 Å². The average Bonchev–Trinajstić information content (AvgIpc) is 2.97. The molecule has 3 rings (SSSR count). The summed E-state index contributed by atoms with van der Waals surface area (Å²) in [7, 11) is 1.61. The molecule has 1 fully saturated rings. The largest absolute Gasteiger partial charge is 0.449 e. The van der Waals surface area contributed by atoms with Gasteiger partial charge in [-0.3, -0.25) is 4.79 Å². The predicted octanol–water partition coefficient (Wildman–Crippen LogP) is 3.96. The Labute approximate surface area is 166 Å². The average molecular weight is 381 g/mol. The topological polar surface area (TPSA) is 55.8 Å². The molecule has 0 bridgehead atoms. The van der Waals surface area contributed by atoms with Crippen LogP contribution in [0.5, 0.6) is 0 Å². The molecule has 1 amide bonds. The van der Waals surface area contributed by atoms with Crippen molar-refractivity contribution in [3.05, 3.63) is 65.7 Å². The molecule has 0 radical (unpaired) electrons. The zero-order valence-corrected chi connectivity index (χ0v) is 16.8. The van der Waals surface area contributed by atoms with Gasteiger partial charge in [0.1, 0.15) is 0 Å². The molecule has 2 aromatic rings. The van der Waals surface area contributed by atoms with Crippen LogP contribution < -0.4 is 4.90 Å². The van der Waals surface area contributed by atoms with Gasteiger partial charge in [-0.2, -0.15) is 0 Å². The second-order valence-corrected chi connectivity index (χ2v) is 8.08. The minimum absolute atomic E-state index is 0.132. The van der Waals surface area contributed by atoms with Gasteiger partial charge in [0.2, 0.25) is 0 Å². The molecule has 1 aliphatic heterocycles. The van der Waals surface area contributed by atoms with Gasteiger partial charge < -0.3 is 14.4 Å². The van der Waals surface area contributed by atoms with Crippen LogP contribution in [0.25, 0.3) is 0 Å². The molecular weight excluding hydrogens is 354 g/mol. The molecule has 2 aromatic carbocycles. The van der Waals surface area contributed by atoms with E-state index in [4.69, 9.17) is 9.47 Å². The first-order valence-electron chi connectivity index (χ1n) is 9.50. The highest BCUT2D eigenvalue weighted by molar-refractivity contribution is 6.02. The van der Waals surface area contributed by atoms with Gasteiger partial charge in [-0.15, -0.1) is 0 Å². The summed E-state index contributed by atoms with van der Waals surface area (Å²) in [6, 6.07) is 16.4. The molecule has 0 unspecified atom stereocenters. The number of para-hydroxylation sites is 1. The summed E-state index contributed by atoms with van der Waals surface area (Å²) in [6.45, 7) is 6.73. The lowest BCUT2D eigenvalue weighted by atomic mass is 9.85. The number of ether oxygens (including phenoxy) is 2. The van der Waals surface area contributed by atoms with E-state index in [9.17, 15) is 9.59 Å². The molecule has 5 nitrogen and oxygen atoms in total. The zero-order valence-electron chi connectivity index (χ0n) is 16.8. The van der Waals surface area contributed by atoms with Crippen molar-refractivity contribution in [2.45, 2.75) is 44.8 Å². The molecule has 0 N–H and O–H groups in total. The molecular formula is C23H27NO4. The number of rotatable bonds is 5. The predicted molar refractivity (Wildman–Crippen MR) is 109 cm³/mol. The molecule has 2 atom stereocenters. The van der Waals surface area contributed by atoms with Crippen molar-refractivity contribution in [2.24, 2.45) is 0 Å². The number of methoxy groups -OCH3 is 1. The van der Waals surface area contributed by atoms with Crippen LogP contribution >= 0.6 is 0 Å². The normalized spacial score (nSPS) is 19.7. The number of amides is 1. The lowest BCUT2D eigenvalue weighted by Gasteiger charge is -2.30. The van der Waals surface area contributed by atoms with Crippen molar-refractivity contribution < 1.29 is 19.1 Å². The minimum Gasteiger partial charge on any atom is -0.449 e. The van der Waals surface area contributed by atoms with Crippen LogP contribution in [0.15, 0.2) is 54.6 Å². The van der Waals surface area contributed by atoms with Crippen molar-refractivity contribution >= 4 is 17.6 Å².